The van der Waals surface area contributed by atoms with E-state index in [9.17, 15) is 5.11 Å². The summed E-state index contributed by atoms with van der Waals surface area (Å²) in [7, 11) is 1.83. The van der Waals surface area contributed by atoms with Crippen LogP contribution in [-0.2, 0) is 0 Å². The SMILES string of the molecule is CN(CC1(O)CCCC1)c1nccnc1C#N. The van der Waals surface area contributed by atoms with Crippen molar-refractivity contribution in [1.82, 2.24) is 9.97 Å². The third-order valence-electron chi connectivity index (χ3n) is 3.21. The van der Waals surface area contributed by atoms with Crippen LogP contribution in [0.3, 0.4) is 0 Å². The Morgan fingerprint density at radius 3 is 2.71 bits per heavy atom. The highest BCUT2D eigenvalue weighted by molar-refractivity contribution is 5.49. The Balaban J connectivity index is 2.14. The largest absolute Gasteiger partial charge is 0.388 e. The molecule has 0 aromatic carbocycles. The van der Waals surface area contributed by atoms with Crippen LogP contribution in [-0.4, -0.2) is 34.3 Å². The Kier molecular flexibility index (Phi) is 3.25. The molecule has 5 nitrogen and oxygen atoms in total. The van der Waals surface area contributed by atoms with Crippen molar-refractivity contribution in [3.63, 3.8) is 0 Å². The number of nitriles is 1. The Morgan fingerprint density at radius 1 is 1.41 bits per heavy atom. The van der Waals surface area contributed by atoms with E-state index in [1.54, 1.807) is 6.20 Å². The molecule has 1 aliphatic rings. The van der Waals surface area contributed by atoms with Gasteiger partial charge in [0.25, 0.3) is 0 Å². The van der Waals surface area contributed by atoms with Gasteiger partial charge in [-0.3, -0.25) is 0 Å². The Labute approximate surface area is 101 Å². The van der Waals surface area contributed by atoms with Crippen LogP contribution in [0.4, 0.5) is 5.82 Å². The molecule has 1 heterocycles. The van der Waals surface area contributed by atoms with Crippen LogP contribution in [0.5, 0.6) is 0 Å². The van der Waals surface area contributed by atoms with Gasteiger partial charge in [0.2, 0.25) is 0 Å². The number of hydrogen-bond acceptors (Lipinski definition) is 5. The molecule has 0 radical (unpaired) electrons. The fourth-order valence-corrected chi connectivity index (χ4v) is 2.40. The number of likely N-dealkylation sites (N-methyl/N-ethyl adjacent to an activating group) is 1. The summed E-state index contributed by atoms with van der Waals surface area (Å²) in [5.41, 5.74) is -0.337. The van der Waals surface area contributed by atoms with Crippen LogP contribution in [0, 0.1) is 11.3 Å². The average Bonchev–Trinajstić information content (AvgIpc) is 2.75. The molecule has 0 spiro atoms. The van der Waals surface area contributed by atoms with Crippen molar-refractivity contribution in [3.8, 4) is 6.07 Å². The number of anilines is 1. The zero-order valence-electron chi connectivity index (χ0n) is 9.93. The van der Waals surface area contributed by atoms with E-state index in [-0.39, 0.29) is 0 Å². The molecule has 0 bridgehead atoms. The minimum absolute atomic E-state index is 0.302. The van der Waals surface area contributed by atoms with Gasteiger partial charge in [-0.1, -0.05) is 12.8 Å². The van der Waals surface area contributed by atoms with Gasteiger partial charge in [0.05, 0.1) is 5.60 Å². The second kappa shape index (κ2) is 4.68. The van der Waals surface area contributed by atoms with Crippen molar-refractivity contribution < 1.29 is 5.11 Å². The fourth-order valence-electron chi connectivity index (χ4n) is 2.40. The quantitative estimate of drug-likeness (QED) is 0.844. The van der Waals surface area contributed by atoms with E-state index in [0.717, 1.165) is 25.7 Å². The highest BCUT2D eigenvalue weighted by atomic mass is 16.3. The summed E-state index contributed by atoms with van der Waals surface area (Å²) in [5.74, 6) is 0.537. The molecule has 2 rings (SSSR count). The van der Waals surface area contributed by atoms with Crippen molar-refractivity contribution in [1.29, 1.82) is 5.26 Å². The van der Waals surface area contributed by atoms with Crippen molar-refractivity contribution in [2.24, 2.45) is 0 Å². The van der Waals surface area contributed by atoms with Crippen molar-refractivity contribution in [2.75, 3.05) is 18.5 Å². The molecule has 0 aliphatic heterocycles. The molecule has 1 aromatic heterocycles. The van der Waals surface area contributed by atoms with Crippen LogP contribution in [0.1, 0.15) is 31.4 Å². The van der Waals surface area contributed by atoms with Gasteiger partial charge < -0.3 is 10.0 Å². The van der Waals surface area contributed by atoms with Crippen LogP contribution < -0.4 is 4.90 Å². The van der Waals surface area contributed by atoms with E-state index in [1.807, 2.05) is 18.0 Å². The highest BCUT2D eigenvalue weighted by Crippen LogP contribution is 2.31. The zero-order chi connectivity index (χ0) is 12.3. The minimum atomic E-state index is -0.640. The maximum atomic E-state index is 10.3. The predicted molar refractivity (Wildman–Crippen MR) is 63.4 cm³/mol. The number of nitrogens with zero attached hydrogens (tertiary/aromatic N) is 4. The lowest BCUT2D eigenvalue weighted by Gasteiger charge is -2.29. The lowest BCUT2D eigenvalue weighted by atomic mass is 10.0. The molecule has 1 aromatic rings. The third kappa shape index (κ3) is 2.53. The summed E-state index contributed by atoms with van der Waals surface area (Å²) >= 11 is 0. The van der Waals surface area contributed by atoms with Crippen molar-refractivity contribution in [2.45, 2.75) is 31.3 Å². The number of aromatic nitrogens is 2. The van der Waals surface area contributed by atoms with Crippen LogP contribution in [0.2, 0.25) is 0 Å². The first-order valence-electron chi connectivity index (χ1n) is 5.79. The van der Waals surface area contributed by atoms with E-state index in [0.29, 0.717) is 18.1 Å². The smallest absolute Gasteiger partial charge is 0.183 e. The normalized spacial score (nSPS) is 17.7. The van der Waals surface area contributed by atoms with E-state index in [4.69, 9.17) is 5.26 Å². The summed E-state index contributed by atoms with van der Waals surface area (Å²) in [4.78, 5) is 9.94. The molecule has 0 saturated heterocycles. The van der Waals surface area contributed by atoms with Crippen LogP contribution >= 0.6 is 0 Å². The summed E-state index contributed by atoms with van der Waals surface area (Å²) < 4.78 is 0. The molecular weight excluding hydrogens is 216 g/mol. The molecule has 0 amide bonds. The Hall–Kier alpha value is -1.67. The monoisotopic (exact) mass is 232 g/mol. The molecule has 1 aliphatic carbocycles. The van der Waals surface area contributed by atoms with Gasteiger partial charge in [0.1, 0.15) is 6.07 Å². The number of hydrogen-bond donors (Lipinski definition) is 1. The number of rotatable bonds is 3. The summed E-state index contributed by atoms with van der Waals surface area (Å²) in [6.45, 7) is 0.500. The van der Waals surface area contributed by atoms with Crippen LogP contribution in [0.25, 0.3) is 0 Å². The average molecular weight is 232 g/mol. The van der Waals surface area contributed by atoms with E-state index >= 15 is 0 Å². The van der Waals surface area contributed by atoms with E-state index < -0.39 is 5.60 Å². The molecule has 5 heteroatoms. The summed E-state index contributed by atoms with van der Waals surface area (Å²) in [6, 6.07) is 2.02. The van der Waals surface area contributed by atoms with E-state index in [1.165, 1.54) is 6.20 Å². The predicted octanol–water partition coefficient (Wildman–Crippen LogP) is 1.09. The van der Waals surface area contributed by atoms with Gasteiger partial charge in [0, 0.05) is 26.0 Å². The second-order valence-electron chi connectivity index (χ2n) is 4.63. The van der Waals surface area contributed by atoms with Gasteiger partial charge >= 0.3 is 0 Å². The lowest BCUT2D eigenvalue weighted by Crippen LogP contribution is -2.39. The van der Waals surface area contributed by atoms with Gasteiger partial charge in [-0.05, 0) is 12.8 Å². The molecule has 0 unspecified atom stereocenters. The first-order valence-corrected chi connectivity index (χ1v) is 5.79. The fraction of sp³-hybridized carbons (Fsp3) is 0.583. The van der Waals surface area contributed by atoms with Gasteiger partial charge in [0.15, 0.2) is 11.5 Å². The van der Waals surface area contributed by atoms with Crippen molar-refractivity contribution in [3.05, 3.63) is 18.1 Å². The molecule has 1 N–H and O–H groups in total. The van der Waals surface area contributed by atoms with Crippen molar-refractivity contribution >= 4 is 5.82 Å². The second-order valence-corrected chi connectivity index (χ2v) is 4.63. The Morgan fingerprint density at radius 2 is 2.06 bits per heavy atom. The van der Waals surface area contributed by atoms with E-state index in [2.05, 4.69) is 9.97 Å². The minimum Gasteiger partial charge on any atom is -0.388 e. The molecular formula is C12H16N4O. The first kappa shape index (κ1) is 11.8. The molecule has 1 fully saturated rings. The lowest BCUT2D eigenvalue weighted by molar-refractivity contribution is 0.0558. The van der Waals surface area contributed by atoms with Gasteiger partial charge in [-0.2, -0.15) is 5.26 Å². The van der Waals surface area contributed by atoms with Gasteiger partial charge in [-0.15, -0.1) is 0 Å². The molecule has 17 heavy (non-hydrogen) atoms. The standard InChI is InChI=1S/C12H16N4O/c1-16(9-12(17)4-2-3-5-12)11-10(8-13)14-6-7-15-11/h6-7,17H,2-5,9H2,1H3. The molecule has 1 saturated carbocycles. The highest BCUT2D eigenvalue weighted by Gasteiger charge is 2.33. The first-order chi connectivity index (χ1) is 8.14. The summed E-state index contributed by atoms with van der Waals surface area (Å²) in [5, 5.41) is 19.3. The zero-order valence-corrected chi connectivity index (χ0v) is 9.93. The number of aliphatic hydroxyl groups is 1. The summed E-state index contributed by atoms with van der Waals surface area (Å²) in [6.07, 6.45) is 6.83. The van der Waals surface area contributed by atoms with Crippen LogP contribution in [0.15, 0.2) is 12.4 Å². The molecule has 0 atom stereocenters. The maximum Gasteiger partial charge on any atom is 0.183 e. The van der Waals surface area contributed by atoms with Gasteiger partial charge in [-0.25, -0.2) is 9.97 Å². The third-order valence-corrected chi connectivity index (χ3v) is 3.21. The Bertz CT molecular complexity index is 434. The molecule has 90 valence electrons. The topological polar surface area (TPSA) is 73.0 Å². The maximum absolute atomic E-state index is 10.3.